The lowest BCUT2D eigenvalue weighted by molar-refractivity contribution is -0.199. The monoisotopic (exact) mass is 366 g/mol. The molecule has 0 aromatic carbocycles. The fraction of sp³-hybridized carbons (Fsp3) is 0.950. The van der Waals surface area contributed by atoms with Crippen LogP contribution in [0.5, 0.6) is 0 Å². The molecule has 0 aromatic heterocycles. The average Bonchev–Trinajstić information content (AvgIpc) is 2.80. The number of ether oxygens (including phenoxy) is 2. The van der Waals surface area contributed by atoms with E-state index in [0.717, 1.165) is 12.3 Å². The quantitative estimate of drug-likeness (QED) is 0.531. The van der Waals surface area contributed by atoms with Crippen LogP contribution in [-0.4, -0.2) is 43.5 Å². The molecule has 0 amide bonds. The molecule has 5 atom stereocenters. The first-order chi connectivity index (χ1) is 11.9. The van der Waals surface area contributed by atoms with E-state index in [0.29, 0.717) is 30.9 Å². The summed E-state index contributed by atoms with van der Waals surface area (Å²) >= 11 is 0. The highest BCUT2D eigenvalue weighted by Gasteiger charge is 2.67. The van der Waals surface area contributed by atoms with Gasteiger partial charge in [-0.3, -0.25) is 4.79 Å². The van der Waals surface area contributed by atoms with Crippen LogP contribution in [0.2, 0.25) is 0 Å². The maximum Gasteiger partial charge on any atom is 0.485 e. The van der Waals surface area contributed by atoms with Crippen LogP contribution in [0.4, 0.5) is 0 Å². The van der Waals surface area contributed by atoms with Crippen LogP contribution in [0.25, 0.3) is 0 Å². The molecule has 1 aliphatic heterocycles. The molecule has 0 radical (unpaired) electrons. The highest BCUT2D eigenvalue weighted by atomic mass is 16.7. The van der Waals surface area contributed by atoms with E-state index in [4.69, 9.17) is 18.8 Å². The molecule has 1 heterocycles. The van der Waals surface area contributed by atoms with Crippen molar-refractivity contribution < 1.29 is 23.6 Å². The van der Waals surface area contributed by atoms with Crippen LogP contribution in [0.1, 0.15) is 67.7 Å². The first kappa shape index (κ1) is 20.2. The van der Waals surface area contributed by atoms with Gasteiger partial charge in [-0.1, -0.05) is 20.8 Å². The number of hydrogen-bond acceptors (Lipinski definition) is 5. The van der Waals surface area contributed by atoms with Crippen molar-refractivity contribution in [1.82, 2.24) is 0 Å². The minimum absolute atomic E-state index is 0.107. The molecule has 26 heavy (non-hydrogen) atoms. The van der Waals surface area contributed by atoms with Crippen molar-refractivity contribution in [1.29, 1.82) is 0 Å². The third-order valence-corrected chi connectivity index (χ3v) is 6.59. The smallest absolute Gasteiger partial charge is 0.460 e. The van der Waals surface area contributed by atoms with E-state index in [1.807, 2.05) is 27.7 Å². The third-order valence-electron chi connectivity index (χ3n) is 6.59. The second-order valence-corrected chi connectivity index (χ2v) is 10.3. The predicted octanol–water partition coefficient (Wildman–Crippen LogP) is 3.64. The predicted molar refractivity (Wildman–Crippen MR) is 101 cm³/mol. The molecule has 0 aromatic rings. The average molecular weight is 366 g/mol. The Morgan fingerprint density at radius 3 is 2.58 bits per heavy atom. The zero-order chi connectivity index (χ0) is 19.3. The highest BCUT2D eigenvalue weighted by molar-refractivity contribution is 6.45. The number of carbonyl (C=O) groups is 1. The molecular formula is C20H35BO5. The Morgan fingerprint density at radius 2 is 1.96 bits per heavy atom. The van der Waals surface area contributed by atoms with Gasteiger partial charge < -0.3 is 18.8 Å². The Kier molecular flexibility index (Phi) is 5.26. The van der Waals surface area contributed by atoms with E-state index in [-0.39, 0.29) is 30.7 Å². The molecule has 5 nitrogen and oxygen atoms in total. The van der Waals surface area contributed by atoms with Crippen LogP contribution in [0, 0.1) is 23.2 Å². The fourth-order valence-electron chi connectivity index (χ4n) is 5.11. The molecule has 2 bridgehead atoms. The SMILES string of the molecule is CC(COCB1O[C@@H]2C[C@@H]3C[C@@H](C3(C)C)[C@]2(C)O1)CC(=O)OC(C)(C)C. The number of carbonyl (C=O) groups excluding carboxylic acids is 1. The van der Waals surface area contributed by atoms with Gasteiger partial charge in [0.05, 0.1) is 24.6 Å². The first-order valence-electron chi connectivity index (χ1n) is 10.0. The normalized spacial score (nSPS) is 36.3. The summed E-state index contributed by atoms with van der Waals surface area (Å²) in [4.78, 5) is 11.9. The van der Waals surface area contributed by atoms with Gasteiger partial charge in [-0.2, -0.15) is 0 Å². The third kappa shape index (κ3) is 3.83. The summed E-state index contributed by atoms with van der Waals surface area (Å²) in [7, 11) is -0.297. The lowest BCUT2D eigenvalue weighted by Gasteiger charge is -2.64. The lowest BCUT2D eigenvalue weighted by atomic mass is 9.43. The summed E-state index contributed by atoms with van der Waals surface area (Å²) in [5.41, 5.74) is -0.274. The van der Waals surface area contributed by atoms with Crippen molar-refractivity contribution in [3.63, 3.8) is 0 Å². The first-order valence-corrected chi connectivity index (χ1v) is 10.0. The van der Waals surface area contributed by atoms with E-state index in [2.05, 4.69) is 20.8 Å². The van der Waals surface area contributed by atoms with Gasteiger partial charge in [0.25, 0.3) is 0 Å². The zero-order valence-corrected chi connectivity index (χ0v) is 17.5. The maximum absolute atomic E-state index is 11.9. The van der Waals surface area contributed by atoms with Crippen molar-refractivity contribution >= 4 is 13.1 Å². The Labute approximate surface area is 158 Å². The molecule has 4 rings (SSSR count). The van der Waals surface area contributed by atoms with Gasteiger partial charge in [-0.25, -0.2) is 0 Å². The Morgan fingerprint density at radius 1 is 1.27 bits per heavy atom. The minimum Gasteiger partial charge on any atom is -0.460 e. The van der Waals surface area contributed by atoms with Crippen LogP contribution in [0.3, 0.4) is 0 Å². The summed E-state index contributed by atoms with van der Waals surface area (Å²) in [5.74, 6) is 1.25. The van der Waals surface area contributed by atoms with Crippen LogP contribution in [-0.2, 0) is 23.6 Å². The van der Waals surface area contributed by atoms with Crippen LogP contribution >= 0.6 is 0 Å². The van der Waals surface area contributed by atoms with Gasteiger partial charge in [-0.15, -0.1) is 0 Å². The second-order valence-electron chi connectivity index (χ2n) is 10.3. The van der Waals surface area contributed by atoms with Crippen molar-refractivity contribution in [2.45, 2.75) is 85.0 Å². The number of rotatable bonds is 6. The van der Waals surface area contributed by atoms with E-state index >= 15 is 0 Å². The molecular weight excluding hydrogens is 331 g/mol. The molecule has 3 saturated carbocycles. The second kappa shape index (κ2) is 6.79. The molecule has 0 N–H and O–H groups in total. The van der Waals surface area contributed by atoms with Crippen molar-refractivity contribution in [2.75, 3.05) is 13.1 Å². The van der Waals surface area contributed by atoms with E-state index in [9.17, 15) is 4.79 Å². The summed E-state index contributed by atoms with van der Waals surface area (Å²) in [6.45, 7) is 15.5. The zero-order valence-electron chi connectivity index (χ0n) is 17.5. The molecule has 1 unspecified atom stereocenters. The van der Waals surface area contributed by atoms with E-state index in [1.165, 1.54) is 6.42 Å². The Hall–Kier alpha value is -0.585. The number of hydrogen-bond donors (Lipinski definition) is 0. The largest absolute Gasteiger partial charge is 0.485 e. The summed E-state index contributed by atoms with van der Waals surface area (Å²) in [6.07, 6.45) is 2.89. The summed E-state index contributed by atoms with van der Waals surface area (Å²) in [6, 6.07) is 0. The van der Waals surface area contributed by atoms with Gasteiger partial charge in [0, 0.05) is 6.61 Å². The molecule has 0 spiro atoms. The van der Waals surface area contributed by atoms with Crippen molar-refractivity contribution in [2.24, 2.45) is 23.2 Å². The fourth-order valence-corrected chi connectivity index (χ4v) is 5.11. The summed E-state index contributed by atoms with van der Waals surface area (Å²) < 4.78 is 23.6. The topological polar surface area (TPSA) is 54.0 Å². The highest BCUT2D eigenvalue weighted by Crippen LogP contribution is 2.65. The van der Waals surface area contributed by atoms with Gasteiger partial charge >= 0.3 is 13.1 Å². The van der Waals surface area contributed by atoms with Gasteiger partial charge in [0.2, 0.25) is 0 Å². The lowest BCUT2D eigenvalue weighted by Crippen LogP contribution is -2.65. The van der Waals surface area contributed by atoms with Crippen molar-refractivity contribution in [3.8, 4) is 0 Å². The molecule has 6 heteroatoms. The van der Waals surface area contributed by atoms with Gasteiger partial charge in [0.1, 0.15) is 5.60 Å². The number of esters is 1. The molecule has 148 valence electrons. The van der Waals surface area contributed by atoms with Gasteiger partial charge in [0.15, 0.2) is 0 Å². The Balaban J connectivity index is 1.41. The maximum atomic E-state index is 11.9. The standard InChI is InChI=1S/C20H35BO5/c1-13(8-17(22)24-18(2,3)4)11-23-12-21-25-16-10-14-9-15(19(14,5)6)20(16,7)26-21/h13-16H,8-12H2,1-7H3/t13?,14-,15-,16+,20-/m0/s1. The molecule has 1 saturated heterocycles. The van der Waals surface area contributed by atoms with Crippen molar-refractivity contribution in [3.05, 3.63) is 0 Å². The summed E-state index contributed by atoms with van der Waals surface area (Å²) in [5, 5.41) is 0. The van der Waals surface area contributed by atoms with Crippen LogP contribution in [0.15, 0.2) is 0 Å². The Bertz CT molecular complexity index is 543. The minimum atomic E-state index is -0.441. The molecule has 4 fully saturated rings. The molecule has 3 aliphatic carbocycles. The van der Waals surface area contributed by atoms with E-state index < -0.39 is 5.60 Å². The van der Waals surface area contributed by atoms with Crippen LogP contribution < -0.4 is 0 Å². The molecule has 4 aliphatic rings. The van der Waals surface area contributed by atoms with E-state index in [1.54, 1.807) is 0 Å². The van der Waals surface area contributed by atoms with Gasteiger partial charge in [-0.05, 0) is 63.7 Å².